The molecule has 0 saturated carbocycles. The molecule has 140 valence electrons. The van der Waals surface area contributed by atoms with E-state index >= 15 is 0 Å². The van der Waals surface area contributed by atoms with Gasteiger partial charge in [0.2, 0.25) is 0 Å². The van der Waals surface area contributed by atoms with Crippen LogP contribution in [0.5, 0.6) is 0 Å². The number of nitrogens with one attached hydrogen (secondary N) is 2. The van der Waals surface area contributed by atoms with Crippen LogP contribution in [0.15, 0.2) is 47.4 Å². The molecular weight excluding hydrogens is 372 g/mol. The normalized spacial score (nSPS) is 18.1. The molecule has 1 fully saturated rings. The highest BCUT2D eigenvalue weighted by molar-refractivity contribution is 7.92. The first kappa shape index (κ1) is 18.7. The van der Waals surface area contributed by atoms with Gasteiger partial charge in [0.25, 0.3) is 10.0 Å². The average Bonchev–Trinajstić information content (AvgIpc) is 3.08. The molecule has 1 heterocycles. The van der Waals surface area contributed by atoms with E-state index in [2.05, 4.69) is 10.0 Å². The van der Waals surface area contributed by atoms with E-state index in [0.717, 1.165) is 31.1 Å². The number of anilines is 1. The van der Waals surface area contributed by atoms with Crippen molar-refractivity contribution in [2.24, 2.45) is 0 Å². The zero-order valence-corrected chi connectivity index (χ0v) is 14.3. The lowest BCUT2D eigenvalue weighted by Gasteiger charge is -2.14. The first-order valence-corrected chi connectivity index (χ1v) is 9.35. The summed E-state index contributed by atoms with van der Waals surface area (Å²) in [7, 11) is -4.29. The number of halogens is 4. The summed E-state index contributed by atoms with van der Waals surface area (Å²) in [5, 5.41) is 3.21. The van der Waals surface area contributed by atoms with Crippen LogP contribution in [0.25, 0.3) is 0 Å². The third-order valence-electron chi connectivity index (χ3n) is 4.22. The minimum atomic E-state index is -4.98. The third kappa shape index (κ3) is 3.99. The number of sulfonamides is 1. The topological polar surface area (TPSA) is 58.2 Å². The molecule has 1 unspecified atom stereocenters. The fraction of sp³-hybridized carbons (Fsp3) is 0.294. The van der Waals surface area contributed by atoms with Crippen molar-refractivity contribution >= 4 is 15.7 Å². The number of alkyl halides is 3. The van der Waals surface area contributed by atoms with Crippen molar-refractivity contribution in [3.8, 4) is 0 Å². The van der Waals surface area contributed by atoms with Crippen molar-refractivity contribution in [1.82, 2.24) is 5.32 Å². The highest BCUT2D eigenvalue weighted by Crippen LogP contribution is 2.33. The van der Waals surface area contributed by atoms with Crippen LogP contribution in [0.2, 0.25) is 0 Å². The molecule has 0 spiro atoms. The van der Waals surface area contributed by atoms with Gasteiger partial charge in [0, 0.05) is 12.2 Å². The van der Waals surface area contributed by atoms with Crippen LogP contribution in [0.4, 0.5) is 23.2 Å². The van der Waals surface area contributed by atoms with Gasteiger partial charge in [-0.05, 0) is 54.8 Å². The first-order valence-electron chi connectivity index (χ1n) is 7.87. The van der Waals surface area contributed by atoms with E-state index in [-0.39, 0.29) is 11.6 Å². The van der Waals surface area contributed by atoms with E-state index in [1.165, 1.54) is 6.07 Å². The minimum absolute atomic E-state index is 0.243. The Morgan fingerprint density at radius 1 is 1.12 bits per heavy atom. The maximum atomic E-state index is 13.4. The lowest BCUT2D eigenvalue weighted by atomic mass is 9.98. The van der Waals surface area contributed by atoms with Gasteiger partial charge >= 0.3 is 6.18 Å². The Balaban J connectivity index is 1.89. The molecule has 1 saturated heterocycles. The Bertz CT molecular complexity index is 907. The summed E-state index contributed by atoms with van der Waals surface area (Å²) in [6, 6.07) is 8.31. The Labute approximate surface area is 148 Å². The van der Waals surface area contributed by atoms with Crippen molar-refractivity contribution in [3.63, 3.8) is 0 Å². The molecule has 3 rings (SSSR count). The highest BCUT2D eigenvalue weighted by Gasteiger charge is 2.35. The van der Waals surface area contributed by atoms with Crippen molar-refractivity contribution in [3.05, 3.63) is 59.4 Å². The molecule has 2 aromatic rings. The fourth-order valence-corrected chi connectivity index (χ4v) is 3.97. The molecule has 0 radical (unpaired) electrons. The van der Waals surface area contributed by atoms with Crippen LogP contribution in [0, 0.1) is 5.82 Å². The Kier molecular flexibility index (Phi) is 4.94. The van der Waals surface area contributed by atoms with Gasteiger partial charge < -0.3 is 5.32 Å². The van der Waals surface area contributed by atoms with Gasteiger partial charge in [0.1, 0.15) is 5.82 Å². The monoisotopic (exact) mass is 388 g/mol. The van der Waals surface area contributed by atoms with Gasteiger partial charge in [-0.25, -0.2) is 12.8 Å². The van der Waals surface area contributed by atoms with E-state index in [0.29, 0.717) is 12.1 Å². The summed E-state index contributed by atoms with van der Waals surface area (Å²) in [6.07, 6.45) is -4.06. The Hall–Kier alpha value is -2.13. The predicted molar refractivity (Wildman–Crippen MR) is 88.9 cm³/mol. The second-order valence-corrected chi connectivity index (χ2v) is 7.74. The van der Waals surface area contributed by atoms with Crippen molar-refractivity contribution in [2.75, 3.05) is 17.8 Å². The summed E-state index contributed by atoms with van der Waals surface area (Å²) in [4.78, 5) is -0.654. The second kappa shape index (κ2) is 6.88. The molecule has 1 aliphatic rings. The number of hydrogen-bond acceptors (Lipinski definition) is 3. The summed E-state index contributed by atoms with van der Waals surface area (Å²) < 4.78 is 78.9. The van der Waals surface area contributed by atoms with Crippen LogP contribution in [0.1, 0.15) is 23.5 Å². The second-order valence-electron chi connectivity index (χ2n) is 6.06. The van der Waals surface area contributed by atoms with Crippen LogP contribution >= 0.6 is 0 Å². The van der Waals surface area contributed by atoms with Crippen molar-refractivity contribution < 1.29 is 26.0 Å². The third-order valence-corrected chi connectivity index (χ3v) is 5.60. The van der Waals surface area contributed by atoms with Crippen LogP contribution in [0.3, 0.4) is 0 Å². The number of benzene rings is 2. The molecule has 2 N–H and O–H groups in total. The van der Waals surface area contributed by atoms with Crippen molar-refractivity contribution in [1.29, 1.82) is 0 Å². The van der Waals surface area contributed by atoms with E-state index in [9.17, 15) is 26.0 Å². The quantitative estimate of drug-likeness (QED) is 0.785. The van der Waals surface area contributed by atoms with Gasteiger partial charge in [0.15, 0.2) is 0 Å². The van der Waals surface area contributed by atoms with Gasteiger partial charge in [-0.1, -0.05) is 12.1 Å². The SMILES string of the molecule is O=S(=O)(Nc1cccc(C2CCNC2)c1)c1ccc(F)c(C(F)(F)F)c1. The van der Waals surface area contributed by atoms with Gasteiger partial charge in [-0.15, -0.1) is 0 Å². The molecule has 9 heteroatoms. The summed E-state index contributed by atoms with van der Waals surface area (Å²) in [5.74, 6) is -1.27. The lowest BCUT2D eigenvalue weighted by Crippen LogP contribution is -2.16. The molecule has 2 aromatic carbocycles. The minimum Gasteiger partial charge on any atom is -0.316 e. The molecular formula is C17H16F4N2O2S. The summed E-state index contributed by atoms with van der Waals surface area (Å²) in [5.41, 5.74) is -0.441. The molecule has 1 atom stereocenters. The van der Waals surface area contributed by atoms with Crippen LogP contribution in [-0.2, 0) is 16.2 Å². The number of hydrogen-bond donors (Lipinski definition) is 2. The van der Waals surface area contributed by atoms with Gasteiger partial charge in [-0.3, -0.25) is 4.72 Å². The number of rotatable bonds is 4. The molecule has 0 aliphatic carbocycles. The summed E-state index contributed by atoms with van der Waals surface area (Å²) >= 11 is 0. The zero-order chi connectivity index (χ0) is 18.9. The smallest absolute Gasteiger partial charge is 0.316 e. The molecule has 1 aliphatic heterocycles. The first-order chi connectivity index (χ1) is 12.2. The van der Waals surface area contributed by atoms with Crippen LogP contribution < -0.4 is 10.0 Å². The molecule has 26 heavy (non-hydrogen) atoms. The van der Waals surface area contributed by atoms with E-state index in [1.54, 1.807) is 12.1 Å². The van der Waals surface area contributed by atoms with Crippen molar-refractivity contribution in [2.45, 2.75) is 23.4 Å². The van der Waals surface area contributed by atoms with E-state index < -0.39 is 32.5 Å². The predicted octanol–water partition coefficient (Wildman–Crippen LogP) is 3.72. The fourth-order valence-electron chi connectivity index (χ4n) is 2.90. The Morgan fingerprint density at radius 3 is 2.54 bits per heavy atom. The lowest BCUT2D eigenvalue weighted by molar-refractivity contribution is -0.140. The molecule has 0 bridgehead atoms. The Morgan fingerprint density at radius 2 is 1.88 bits per heavy atom. The highest BCUT2D eigenvalue weighted by atomic mass is 32.2. The zero-order valence-electron chi connectivity index (χ0n) is 13.5. The molecule has 0 aromatic heterocycles. The summed E-state index contributed by atoms with van der Waals surface area (Å²) in [6.45, 7) is 1.65. The van der Waals surface area contributed by atoms with Gasteiger partial charge in [-0.2, -0.15) is 13.2 Å². The molecule has 4 nitrogen and oxygen atoms in total. The molecule has 0 amide bonds. The van der Waals surface area contributed by atoms with Gasteiger partial charge in [0.05, 0.1) is 10.5 Å². The van der Waals surface area contributed by atoms with E-state index in [4.69, 9.17) is 0 Å². The van der Waals surface area contributed by atoms with E-state index in [1.807, 2.05) is 6.07 Å². The largest absolute Gasteiger partial charge is 0.419 e. The maximum absolute atomic E-state index is 13.4. The maximum Gasteiger partial charge on any atom is 0.419 e. The van der Waals surface area contributed by atoms with Crippen LogP contribution in [-0.4, -0.2) is 21.5 Å². The average molecular weight is 388 g/mol. The standard InChI is InChI=1S/C17H16F4N2O2S/c18-16-5-4-14(9-15(16)17(19,20)21)26(24,25)23-13-3-1-2-11(8-13)12-6-7-22-10-12/h1-5,8-9,12,22-23H,6-7,10H2.